The summed E-state index contributed by atoms with van der Waals surface area (Å²) in [6, 6.07) is 2.84. The monoisotopic (exact) mass is 214 g/mol. The molecule has 0 saturated carbocycles. The molecule has 0 bridgehead atoms. The molecule has 0 aliphatic rings. The van der Waals surface area contributed by atoms with Crippen LogP contribution in [0.25, 0.3) is 0 Å². The molecule has 0 saturated heterocycles. The zero-order valence-electron chi connectivity index (χ0n) is 8.34. The van der Waals surface area contributed by atoms with E-state index in [4.69, 9.17) is 0 Å². The Morgan fingerprint density at radius 3 is 2.60 bits per heavy atom. The first kappa shape index (κ1) is 11.8. The average Bonchev–Trinajstić information content (AvgIpc) is 2.21. The van der Waals surface area contributed by atoms with Gasteiger partial charge in [0.2, 0.25) is 0 Å². The first-order valence-electron chi connectivity index (χ1n) is 4.73. The van der Waals surface area contributed by atoms with Gasteiger partial charge in [-0.3, -0.25) is 4.79 Å². The van der Waals surface area contributed by atoms with Gasteiger partial charge in [-0.25, -0.2) is 8.78 Å². The average molecular weight is 214 g/mol. The quantitative estimate of drug-likeness (QED) is 0.781. The Morgan fingerprint density at radius 1 is 1.40 bits per heavy atom. The van der Waals surface area contributed by atoms with E-state index in [-0.39, 0.29) is 5.56 Å². The highest BCUT2D eigenvalue weighted by atomic mass is 19.2. The number of carbonyl (C=O) groups excluding carboxylic acids is 1. The lowest BCUT2D eigenvalue weighted by atomic mass is 10.0. The summed E-state index contributed by atoms with van der Waals surface area (Å²) >= 11 is 0. The van der Waals surface area contributed by atoms with Crippen LogP contribution in [-0.4, -0.2) is 17.0 Å². The van der Waals surface area contributed by atoms with Gasteiger partial charge in [0.15, 0.2) is 17.4 Å². The molecule has 0 heterocycles. The normalized spacial score (nSPS) is 12.5. The first-order chi connectivity index (χ1) is 7.06. The maximum Gasteiger partial charge on any atom is 0.191 e. The van der Waals surface area contributed by atoms with E-state index in [1.54, 1.807) is 0 Å². The number of benzene rings is 1. The van der Waals surface area contributed by atoms with Crippen molar-refractivity contribution in [3.63, 3.8) is 0 Å². The highest BCUT2D eigenvalue weighted by Crippen LogP contribution is 2.12. The van der Waals surface area contributed by atoms with Crippen LogP contribution in [0.4, 0.5) is 8.78 Å². The largest absolute Gasteiger partial charge is 0.385 e. The zero-order chi connectivity index (χ0) is 11.4. The Balaban J connectivity index is 2.87. The molecule has 1 rings (SSSR count). The summed E-state index contributed by atoms with van der Waals surface area (Å²) in [5, 5.41) is 9.37. The number of halogens is 2. The third-order valence-electron chi connectivity index (χ3n) is 2.07. The summed E-state index contributed by atoms with van der Waals surface area (Å²) in [6.45, 7) is 1.82. The smallest absolute Gasteiger partial charge is 0.191 e. The second-order valence-electron chi connectivity index (χ2n) is 3.30. The molecule has 0 fully saturated rings. The molecule has 0 aliphatic heterocycles. The molecule has 1 aromatic rings. The predicted octanol–water partition coefficient (Wildman–Crippen LogP) is 2.31. The Kier molecular flexibility index (Phi) is 3.91. The summed E-state index contributed by atoms with van der Waals surface area (Å²) < 4.78 is 25.3. The first-order valence-corrected chi connectivity index (χ1v) is 4.73. The van der Waals surface area contributed by atoms with E-state index in [0.717, 1.165) is 12.1 Å². The van der Waals surface area contributed by atoms with Gasteiger partial charge in [0.25, 0.3) is 0 Å². The molecule has 1 aromatic carbocycles. The summed E-state index contributed by atoms with van der Waals surface area (Å²) in [5.41, 5.74) is -0.00477. The summed E-state index contributed by atoms with van der Waals surface area (Å²) in [7, 11) is 0. The van der Waals surface area contributed by atoms with Gasteiger partial charge in [-0.05, 0) is 24.6 Å². The van der Waals surface area contributed by atoms with Crippen LogP contribution in [0.5, 0.6) is 0 Å². The van der Waals surface area contributed by atoms with Gasteiger partial charge >= 0.3 is 0 Å². The zero-order valence-corrected chi connectivity index (χ0v) is 8.34. The lowest BCUT2D eigenvalue weighted by molar-refractivity contribution is 0.0729. The fourth-order valence-corrected chi connectivity index (χ4v) is 1.25. The van der Waals surface area contributed by atoms with Crippen molar-refractivity contribution < 1.29 is 18.7 Å². The van der Waals surface area contributed by atoms with Gasteiger partial charge in [-0.15, -0.1) is 0 Å². The number of hydrogen-bond acceptors (Lipinski definition) is 2. The van der Waals surface area contributed by atoms with Gasteiger partial charge in [0, 0.05) is 5.56 Å². The lowest BCUT2D eigenvalue weighted by Crippen LogP contribution is -2.20. The van der Waals surface area contributed by atoms with E-state index in [1.807, 2.05) is 6.92 Å². The molecule has 0 amide bonds. The van der Waals surface area contributed by atoms with Crippen molar-refractivity contribution in [1.82, 2.24) is 0 Å². The van der Waals surface area contributed by atoms with Crippen molar-refractivity contribution in [2.45, 2.75) is 25.9 Å². The number of ketones is 1. The number of carbonyl (C=O) groups is 1. The third-order valence-corrected chi connectivity index (χ3v) is 2.07. The minimum atomic E-state index is -1.14. The molecule has 1 N–H and O–H groups in total. The molecule has 15 heavy (non-hydrogen) atoms. The van der Waals surface area contributed by atoms with Gasteiger partial charge in [0.1, 0.15) is 6.10 Å². The minimum Gasteiger partial charge on any atom is -0.385 e. The van der Waals surface area contributed by atoms with Crippen LogP contribution >= 0.6 is 0 Å². The van der Waals surface area contributed by atoms with Crippen molar-refractivity contribution in [2.24, 2.45) is 0 Å². The summed E-state index contributed by atoms with van der Waals surface area (Å²) in [5.74, 6) is -2.66. The minimum absolute atomic E-state index is 0.00477. The van der Waals surface area contributed by atoms with E-state index in [1.165, 1.54) is 6.07 Å². The molecular weight excluding hydrogens is 202 g/mol. The molecule has 0 radical (unpaired) electrons. The lowest BCUT2D eigenvalue weighted by Gasteiger charge is -2.07. The van der Waals surface area contributed by atoms with Crippen LogP contribution in [0.3, 0.4) is 0 Å². The van der Waals surface area contributed by atoms with E-state index < -0.39 is 23.5 Å². The summed E-state index contributed by atoms with van der Waals surface area (Å²) in [6.07, 6.45) is -0.172. The second-order valence-corrected chi connectivity index (χ2v) is 3.30. The summed E-state index contributed by atoms with van der Waals surface area (Å²) in [4.78, 5) is 11.5. The molecule has 1 atom stereocenters. The highest BCUT2D eigenvalue weighted by molar-refractivity contribution is 5.99. The number of aliphatic hydroxyl groups is 1. The van der Waals surface area contributed by atoms with Gasteiger partial charge in [0.05, 0.1) is 0 Å². The van der Waals surface area contributed by atoms with Gasteiger partial charge < -0.3 is 5.11 Å². The topological polar surface area (TPSA) is 37.3 Å². The van der Waals surface area contributed by atoms with Crippen LogP contribution in [0.1, 0.15) is 30.1 Å². The van der Waals surface area contributed by atoms with Crippen LogP contribution in [0, 0.1) is 11.6 Å². The Hall–Kier alpha value is -1.29. The number of rotatable bonds is 4. The Bertz CT molecular complexity index is 364. The van der Waals surface area contributed by atoms with Crippen molar-refractivity contribution >= 4 is 5.78 Å². The maximum absolute atomic E-state index is 12.8. The third kappa shape index (κ3) is 2.83. The fraction of sp³-hybridized carbons (Fsp3) is 0.364. The molecule has 0 aromatic heterocycles. The fourth-order valence-electron chi connectivity index (χ4n) is 1.25. The molecular formula is C11H12F2O2. The highest BCUT2D eigenvalue weighted by Gasteiger charge is 2.17. The maximum atomic E-state index is 12.8. The number of Topliss-reactive ketones (excluding diaryl/α,β-unsaturated/α-hetero) is 1. The SMILES string of the molecule is CCCC(O)C(=O)c1ccc(F)c(F)c1. The Morgan fingerprint density at radius 2 is 2.07 bits per heavy atom. The van der Waals surface area contributed by atoms with Crippen LogP contribution in [-0.2, 0) is 0 Å². The second kappa shape index (κ2) is 4.98. The van der Waals surface area contributed by atoms with Crippen LogP contribution < -0.4 is 0 Å². The van der Waals surface area contributed by atoms with Crippen molar-refractivity contribution in [3.05, 3.63) is 35.4 Å². The van der Waals surface area contributed by atoms with E-state index in [2.05, 4.69) is 0 Å². The number of aliphatic hydroxyl groups excluding tert-OH is 1. The van der Waals surface area contributed by atoms with Gasteiger partial charge in [-0.1, -0.05) is 13.3 Å². The van der Waals surface area contributed by atoms with Crippen molar-refractivity contribution in [2.75, 3.05) is 0 Å². The van der Waals surface area contributed by atoms with E-state index in [9.17, 15) is 18.7 Å². The molecule has 2 nitrogen and oxygen atoms in total. The predicted molar refractivity (Wildman–Crippen MR) is 51.6 cm³/mol. The van der Waals surface area contributed by atoms with Crippen LogP contribution in [0.2, 0.25) is 0 Å². The Labute approximate surface area is 86.5 Å². The molecule has 4 heteroatoms. The number of hydrogen-bond donors (Lipinski definition) is 1. The van der Waals surface area contributed by atoms with E-state index in [0.29, 0.717) is 12.8 Å². The van der Waals surface area contributed by atoms with Crippen molar-refractivity contribution in [1.29, 1.82) is 0 Å². The molecule has 1 unspecified atom stereocenters. The van der Waals surface area contributed by atoms with Crippen LogP contribution in [0.15, 0.2) is 18.2 Å². The van der Waals surface area contributed by atoms with Crippen molar-refractivity contribution in [3.8, 4) is 0 Å². The standard InChI is InChI=1S/C11H12F2O2/c1-2-3-10(14)11(15)7-4-5-8(12)9(13)6-7/h4-6,10,14H,2-3H2,1H3. The van der Waals surface area contributed by atoms with Gasteiger partial charge in [-0.2, -0.15) is 0 Å². The molecule has 0 aliphatic carbocycles. The molecule has 0 spiro atoms. The van der Waals surface area contributed by atoms with E-state index >= 15 is 0 Å². The molecule has 82 valence electrons.